The van der Waals surface area contributed by atoms with Gasteiger partial charge in [-0.3, -0.25) is 4.90 Å². The Hall–Kier alpha value is -0.950. The van der Waals surface area contributed by atoms with E-state index in [4.69, 9.17) is 4.74 Å². The van der Waals surface area contributed by atoms with Crippen molar-refractivity contribution >= 4 is 10.0 Å². The maximum Gasteiger partial charge on any atom is 0.243 e. The smallest absolute Gasteiger partial charge is 0.243 e. The normalized spacial score (nSPS) is 32.0. The largest absolute Gasteiger partial charge is 0.379 e. The van der Waals surface area contributed by atoms with Crippen LogP contribution < -0.4 is 0 Å². The molecular weight excluding hydrogens is 312 g/mol. The Morgan fingerprint density at radius 1 is 1.09 bits per heavy atom. The Bertz CT molecular complexity index is 656. The van der Waals surface area contributed by atoms with E-state index in [-0.39, 0.29) is 0 Å². The van der Waals surface area contributed by atoms with Crippen LogP contribution in [0.4, 0.5) is 0 Å². The summed E-state index contributed by atoms with van der Waals surface area (Å²) in [7, 11) is -3.38. The van der Waals surface area contributed by atoms with E-state index in [1.807, 2.05) is 12.1 Å². The van der Waals surface area contributed by atoms with Gasteiger partial charge in [-0.15, -0.1) is 0 Å². The van der Waals surface area contributed by atoms with Crippen LogP contribution in [0.3, 0.4) is 0 Å². The first-order valence-electron chi connectivity index (χ1n) is 8.45. The first-order chi connectivity index (χ1) is 11.1. The van der Waals surface area contributed by atoms with Crippen LogP contribution in [0.1, 0.15) is 12.5 Å². The van der Waals surface area contributed by atoms with Crippen LogP contribution in [0.25, 0.3) is 0 Å². The summed E-state index contributed by atoms with van der Waals surface area (Å²) in [6.07, 6.45) is 0. The van der Waals surface area contributed by atoms with Crippen molar-refractivity contribution in [2.45, 2.75) is 18.4 Å². The van der Waals surface area contributed by atoms with Crippen molar-refractivity contribution in [1.82, 2.24) is 9.21 Å². The zero-order valence-corrected chi connectivity index (χ0v) is 14.3. The van der Waals surface area contributed by atoms with Gasteiger partial charge in [-0.1, -0.05) is 19.1 Å². The molecule has 126 valence electrons. The standard InChI is InChI=1S/C17H24N2O3S/c1-13-16-11-18(12-17(13)16)10-14-2-4-15(5-3-14)23(20,21)19-6-8-22-9-7-19/h2-5,13,16-17H,6-12H2,1H3. The van der Waals surface area contributed by atoms with Gasteiger partial charge in [0.05, 0.1) is 18.1 Å². The molecule has 0 N–H and O–H groups in total. The monoisotopic (exact) mass is 336 g/mol. The molecule has 0 spiro atoms. The van der Waals surface area contributed by atoms with E-state index < -0.39 is 10.0 Å². The fourth-order valence-corrected chi connectivity index (χ4v) is 5.41. The van der Waals surface area contributed by atoms with Crippen LogP contribution in [0.2, 0.25) is 0 Å². The molecule has 2 unspecified atom stereocenters. The number of nitrogens with zero attached hydrogens (tertiary/aromatic N) is 2. The fraction of sp³-hybridized carbons (Fsp3) is 0.647. The van der Waals surface area contributed by atoms with Gasteiger partial charge < -0.3 is 4.74 Å². The van der Waals surface area contributed by atoms with Crippen molar-refractivity contribution in [3.63, 3.8) is 0 Å². The molecule has 1 aliphatic carbocycles. The molecule has 2 atom stereocenters. The lowest BCUT2D eigenvalue weighted by atomic mass is 10.2. The Kier molecular flexibility index (Phi) is 3.96. The molecule has 6 heteroatoms. The third-order valence-electron chi connectivity index (χ3n) is 5.64. The molecule has 3 aliphatic rings. The lowest BCUT2D eigenvalue weighted by molar-refractivity contribution is 0.0730. The highest BCUT2D eigenvalue weighted by Gasteiger charge is 2.52. The first kappa shape index (κ1) is 15.6. The van der Waals surface area contributed by atoms with Crippen LogP contribution in [-0.2, 0) is 21.3 Å². The fourth-order valence-electron chi connectivity index (χ4n) is 4.00. The van der Waals surface area contributed by atoms with Gasteiger partial charge in [0, 0.05) is 32.7 Å². The summed E-state index contributed by atoms with van der Waals surface area (Å²) in [6, 6.07) is 7.42. The highest BCUT2D eigenvalue weighted by molar-refractivity contribution is 7.89. The second-order valence-corrected chi connectivity index (χ2v) is 8.98. The number of benzene rings is 1. The van der Waals surface area contributed by atoms with E-state index in [0.29, 0.717) is 31.2 Å². The molecule has 0 bridgehead atoms. The van der Waals surface area contributed by atoms with Gasteiger partial charge in [-0.2, -0.15) is 4.31 Å². The number of hydrogen-bond acceptors (Lipinski definition) is 4. The molecule has 5 nitrogen and oxygen atoms in total. The molecule has 4 rings (SSSR count). The molecule has 1 aromatic carbocycles. The van der Waals surface area contributed by atoms with Gasteiger partial charge >= 0.3 is 0 Å². The van der Waals surface area contributed by atoms with Crippen molar-refractivity contribution in [1.29, 1.82) is 0 Å². The number of hydrogen-bond donors (Lipinski definition) is 0. The molecule has 1 aromatic rings. The Morgan fingerprint density at radius 3 is 2.30 bits per heavy atom. The molecule has 0 amide bonds. The first-order valence-corrected chi connectivity index (χ1v) is 9.89. The summed E-state index contributed by atoms with van der Waals surface area (Å²) in [5, 5.41) is 0. The zero-order valence-electron chi connectivity index (χ0n) is 13.5. The number of ether oxygens (including phenoxy) is 1. The number of piperidine rings is 1. The van der Waals surface area contributed by atoms with E-state index in [9.17, 15) is 8.42 Å². The van der Waals surface area contributed by atoms with Crippen LogP contribution in [0, 0.1) is 17.8 Å². The second-order valence-electron chi connectivity index (χ2n) is 7.04. The number of likely N-dealkylation sites (tertiary alicyclic amines) is 1. The van der Waals surface area contributed by atoms with Crippen molar-refractivity contribution < 1.29 is 13.2 Å². The molecular formula is C17H24N2O3S. The van der Waals surface area contributed by atoms with Crippen LogP contribution in [0.5, 0.6) is 0 Å². The maximum atomic E-state index is 12.6. The van der Waals surface area contributed by atoms with Gasteiger partial charge in [0.15, 0.2) is 0 Å². The minimum Gasteiger partial charge on any atom is -0.379 e. The van der Waals surface area contributed by atoms with E-state index >= 15 is 0 Å². The average Bonchev–Trinajstić information content (AvgIpc) is 2.98. The summed E-state index contributed by atoms with van der Waals surface area (Å²) < 4.78 is 31.9. The van der Waals surface area contributed by atoms with Crippen molar-refractivity contribution in [2.24, 2.45) is 17.8 Å². The van der Waals surface area contributed by atoms with E-state index in [2.05, 4.69) is 11.8 Å². The van der Waals surface area contributed by atoms with Gasteiger partial charge in [-0.25, -0.2) is 8.42 Å². The van der Waals surface area contributed by atoms with Crippen LogP contribution >= 0.6 is 0 Å². The van der Waals surface area contributed by atoms with E-state index in [1.54, 1.807) is 12.1 Å². The zero-order chi connectivity index (χ0) is 16.0. The summed E-state index contributed by atoms with van der Waals surface area (Å²) >= 11 is 0. The predicted octanol–water partition coefficient (Wildman–Crippen LogP) is 1.41. The van der Waals surface area contributed by atoms with Crippen LogP contribution in [0.15, 0.2) is 29.2 Å². The molecule has 1 saturated carbocycles. The minimum atomic E-state index is -3.38. The number of rotatable bonds is 4. The lowest BCUT2D eigenvalue weighted by Gasteiger charge is -2.26. The van der Waals surface area contributed by atoms with E-state index in [0.717, 1.165) is 24.3 Å². The quantitative estimate of drug-likeness (QED) is 0.834. The number of sulfonamides is 1. The minimum absolute atomic E-state index is 0.390. The third kappa shape index (κ3) is 2.93. The third-order valence-corrected chi connectivity index (χ3v) is 7.55. The highest BCUT2D eigenvalue weighted by atomic mass is 32.2. The molecule has 2 saturated heterocycles. The Balaban J connectivity index is 1.41. The molecule has 2 aliphatic heterocycles. The lowest BCUT2D eigenvalue weighted by Crippen LogP contribution is -2.40. The van der Waals surface area contributed by atoms with Crippen molar-refractivity contribution in [2.75, 3.05) is 39.4 Å². The highest BCUT2D eigenvalue weighted by Crippen LogP contribution is 2.51. The number of fused-ring (bicyclic) bond motifs is 1. The van der Waals surface area contributed by atoms with Gasteiger partial charge in [-0.05, 0) is 35.4 Å². The van der Waals surface area contributed by atoms with Crippen LogP contribution in [-0.4, -0.2) is 57.0 Å². The Labute approximate surface area is 138 Å². The van der Waals surface area contributed by atoms with Gasteiger partial charge in [0.1, 0.15) is 0 Å². The number of morpholine rings is 1. The van der Waals surface area contributed by atoms with Crippen molar-refractivity contribution in [3.05, 3.63) is 29.8 Å². The summed E-state index contributed by atoms with van der Waals surface area (Å²) in [6.45, 7) is 7.51. The summed E-state index contributed by atoms with van der Waals surface area (Å²) in [5.41, 5.74) is 1.19. The Morgan fingerprint density at radius 2 is 1.70 bits per heavy atom. The maximum absolute atomic E-state index is 12.6. The molecule has 23 heavy (non-hydrogen) atoms. The average molecular weight is 336 g/mol. The van der Waals surface area contributed by atoms with Gasteiger partial charge in [0.25, 0.3) is 0 Å². The van der Waals surface area contributed by atoms with E-state index in [1.165, 1.54) is 23.0 Å². The summed E-state index contributed by atoms with van der Waals surface area (Å²) in [4.78, 5) is 2.88. The second kappa shape index (κ2) is 5.84. The van der Waals surface area contributed by atoms with Crippen molar-refractivity contribution in [3.8, 4) is 0 Å². The molecule has 0 radical (unpaired) electrons. The molecule has 3 fully saturated rings. The summed E-state index contributed by atoms with van der Waals surface area (Å²) in [5.74, 6) is 2.71. The topological polar surface area (TPSA) is 49.9 Å². The predicted molar refractivity (Wildman–Crippen MR) is 87.4 cm³/mol. The van der Waals surface area contributed by atoms with Gasteiger partial charge in [0.2, 0.25) is 10.0 Å². The molecule has 0 aromatic heterocycles. The molecule has 2 heterocycles. The SMILES string of the molecule is CC1C2CN(Cc3ccc(S(=O)(=O)N4CCOCC4)cc3)CC12.